The van der Waals surface area contributed by atoms with Crippen molar-refractivity contribution in [3.63, 3.8) is 0 Å². The third kappa shape index (κ3) is 4.46. The van der Waals surface area contributed by atoms with Crippen LogP contribution in [0.1, 0.15) is 16.7 Å². The van der Waals surface area contributed by atoms with E-state index in [9.17, 15) is 0 Å². The number of benzene rings is 2. The molecule has 94 valence electrons. The molecule has 2 aromatic carbocycles. The average Bonchev–Trinajstić information content (AvgIpc) is 2.49. The molecule has 1 heteroatoms. The molecule has 1 nitrogen and oxygen atoms in total. The third-order valence-corrected chi connectivity index (χ3v) is 2.66. The zero-order valence-electron chi connectivity index (χ0n) is 10.8. The molecule has 19 heavy (non-hydrogen) atoms. The van der Waals surface area contributed by atoms with Crippen molar-refractivity contribution in [2.45, 2.75) is 6.61 Å². The second-order valence-electron chi connectivity index (χ2n) is 4.11. The minimum Gasteiger partial charge on any atom is -0.364 e. The van der Waals surface area contributed by atoms with Gasteiger partial charge in [0.25, 0.3) is 0 Å². The Morgan fingerprint density at radius 3 is 2.42 bits per heavy atom. The second kappa shape index (κ2) is 7.20. The average molecular weight is 248 g/mol. The Morgan fingerprint density at radius 1 is 1.00 bits per heavy atom. The number of rotatable bonds is 4. The molecule has 0 N–H and O–H groups in total. The van der Waals surface area contributed by atoms with Crippen molar-refractivity contribution in [1.29, 1.82) is 0 Å². The van der Waals surface area contributed by atoms with Crippen molar-refractivity contribution in [3.8, 4) is 11.8 Å². The SMILES string of the molecule is C=Cc1ccc(COCC#Cc2ccccc2)cc1. The first-order valence-corrected chi connectivity index (χ1v) is 6.21. The Morgan fingerprint density at radius 2 is 1.74 bits per heavy atom. The van der Waals surface area contributed by atoms with Crippen molar-refractivity contribution < 1.29 is 4.74 Å². The molecule has 0 atom stereocenters. The number of ether oxygens (including phenoxy) is 1. The van der Waals surface area contributed by atoms with Gasteiger partial charge in [-0.05, 0) is 23.3 Å². The zero-order valence-corrected chi connectivity index (χ0v) is 10.8. The Bertz CT molecular complexity index is 571. The molecule has 0 spiro atoms. The van der Waals surface area contributed by atoms with Gasteiger partial charge in [0.05, 0.1) is 6.61 Å². The maximum atomic E-state index is 5.52. The van der Waals surface area contributed by atoms with Crippen LogP contribution in [0.3, 0.4) is 0 Å². The summed E-state index contributed by atoms with van der Waals surface area (Å²) in [5.74, 6) is 6.07. The molecule has 0 heterocycles. The molecule has 0 radical (unpaired) electrons. The normalized spacial score (nSPS) is 9.47. The summed E-state index contributed by atoms with van der Waals surface area (Å²) < 4.78 is 5.52. The summed E-state index contributed by atoms with van der Waals surface area (Å²) in [6.07, 6.45) is 1.83. The second-order valence-corrected chi connectivity index (χ2v) is 4.11. The lowest BCUT2D eigenvalue weighted by Gasteiger charge is -2.01. The lowest BCUT2D eigenvalue weighted by atomic mass is 10.1. The number of hydrogen-bond donors (Lipinski definition) is 0. The van der Waals surface area contributed by atoms with Gasteiger partial charge in [0.2, 0.25) is 0 Å². The molecule has 0 aliphatic carbocycles. The van der Waals surface area contributed by atoms with Crippen LogP contribution in [0.25, 0.3) is 6.08 Å². The minimum atomic E-state index is 0.443. The Hall–Kier alpha value is -2.30. The van der Waals surface area contributed by atoms with Gasteiger partial charge in [-0.1, -0.05) is 67.0 Å². The highest BCUT2D eigenvalue weighted by Gasteiger charge is 1.92. The van der Waals surface area contributed by atoms with Crippen molar-refractivity contribution in [2.24, 2.45) is 0 Å². The first-order valence-electron chi connectivity index (χ1n) is 6.21. The highest BCUT2D eigenvalue weighted by Crippen LogP contribution is 2.06. The number of hydrogen-bond acceptors (Lipinski definition) is 1. The third-order valence-electron chi connectivity index (χ3n) is 2.66. The largest absolute Gasteiger partial charge is 0.364 e. The molecule has 0 saturated carbocycles. The molecule has 0 saturated heterocycles. The Balaban J connectivity index is 1.78. The quantitative estimate of drug-likeness (QED) is 0.589. The van der Waals surface area contributed by atoms with Crippen LogP contribution in [-0.4, -0.2) is 6.61 Å². The fourth-order valence-corrected chi connectivity index (χ4v) is 1.63. The molecular weight excluding hydrogens is 232 g/mol. The molecule has 0 aromatic heterocycles. The van der Waals surface area contributed by atoms with E-state index in [-0.39, 0.29) is 0 Å². The van der Waals surface area contributed by atoms with Crippen LogP contribution in [0.2, 0.25) is 0 Å². The van der Waals surface area contributed by atoms with Gasteiger partial charge in [-0.3, -0.25) is 0 Å². The van der Waals surface area contributed by atoms with E-state index in [1.807, 2.05) is 60.7 Å². The molecular formula is C18H16O. The predicted molar refractivity (Wildman–Crippen MR) is 79.5 cm³/mol. The molecule has 0 aliphatic rings. The van der Waals surface area contributed by atoms with E-state index in [0.29, 0.717) is 13.2 Å². The smallest absolute Gasteiger partial charge is 0.108 e. The van der Waals surface area contributed by atoms with Crippen molar-refractivity contribution in [2.75, 3.05) is 6.61 Å². The van der Waals surface area contributed by atoms with Crippen LogP contribution in [0.5, 0.6) is 0 Å². The van der Waals surface area contributed by atoms with Crippen LogP contribution in [-0.2, 0) is 11.3 Å². The molecule has 0 fully saturated rings. The van der Waals surface area contributed by atoms with Crippen molar-refractivity contribution >= 4 is 6.08 Å². The standard InChI is InChI=1S/C18H16O/c1-2-16-10-12-18(13-11-16)15-19-14-6-9-17-7-4-3-5-8-17/h2-5,7-8,10-13H,1,14-15H2. The van der Waals surface area contributed by atoms with Gasteiger partial charge in [0, 0.05) is 5.56 Å². The first-order chi connectivity index (χ1) is 9.38. The summed E-state index contributed by atoms with van der Waals surface area (Å²) in [5.41, 5.74) is 3.28. The summed E-state index contributed by atoms with van der Waals surface area (Å²) in [6, 6.07) is 18.1. The lowest BCUT2D eigenvalue weighted by molar-refractivity contribution is 0.153. The fraction of sp³-hybridized carbons (Fsp3) is 0.111. The van der Waals surface area contributed by atoms with Crippen LogP contribution in [0.15, 0.2) is 61.2 Å². The first kappa shape index (κ1) is 13.1. The van der Waals surface area contributed by atoms with Gasteiger partial charge in [0.1, 0.15) is 6.61 Å². The van der Waals surface area contributed by atoms with E-state index in [1.165, 1.54) is 0 Å². The summed E-state index contributed by atoms with van der Waals surface area (Å²) in [7, 11) is 0. The van der Waals surface area contributed by atoms with Crippen molar-refractivity contribution in [3.05, 3.63) is 77.9 Å². The predicted octanol–water partition coefficient (Wildman–Crippen LogP) is 3.90. The van der Waals surface area contributed by atoms with Gasteiger partial charge in [-0.2, -0.15) is 0 Å². The van der Waals surface area contributed by atoms with Crippen molar-refractivity contribution in [1.82, 2.24) is 0 Å². The van der Waals surface area contributed by atoms with E-state index >= 15 is 0 Å². The summed E-state index contributed by atoms with van der Waals surface area (Å²) in [4.78, 5) is 0. The molecule has 0 unspecified atom stereocenters. The molecule has 0 bridgehead atoms. The highest BCUT2D eigenvalue weighted by molar-refractivity contribution is 5.47. The topological polar surface area (TPSA) is 9.23 Å². The lowest BCUT2D eigenvalue weighted by Crippen LogP contribution is -1.93. The van der Waals surface area contributed by atoms with Gasteiger partial charge in [-0.25, -0.2) is 0 Å². The molecule has 2 rings (SSSR count). The minimum absolute atomic E-state index is 0.443. The maximum absolute atomic E-state index is 5.52. The maximum Gasteiger partial charge on any atom is 0.108 e. The van der Waals surface area contributed by atoms with Gasteiger partial charge < -0.3 is 4.74 Å². The van der Waals surface area contributed by atoms with Crippen LogP contribution < -0.4 is 0 Å². The molecule has 2 aromatic rings. The summed E-state index contributed by atoms with van der Waals surface area (Å²) in [5, 5.41) is 0. The Kier molecular flexibility index (Phi) is 4.98. The molecule has 0 amide bonds. The highest BCUT2D eigenvalue weighted by atomic mass is 16.5. The fourth-order valence-electron chi connectivity index (χ4n) is 1.63. The van der Waals surface area contributed by atoms with E-state index in [0.717, 1.165) is 16.7 Å². The van der Waals surface area contributed by atoms with Crippen LogP contribution in [0.4, 0.5) is 0 Å². The van der Waals surface area contributed by atoms with Gasteiger partial charge >= 0.3 is 0 Å². The summed E-state index contributed by atoms with van der Waals surface area (Å²) in [6.45, 7) is 4.75. The van der Waals surface area contributed by atoms with E-state index in [4.69, 9.17) is 4.74 Å². The van der Waals surface area contributed by atoms with Crippen LogP contribution >= 0.6 is 0 Å². The molecule has 0 aliphatic heterocycles. The Labute approximate surface area is 114 Å². The van der Waals surface area contributed by atoms with E-state index < -0.39 is 0 Å². The van der Waals surface area contributed by atoms with Crippen LogP contribution in [0, 0.1) is 11.8 Å². The van der Waals surface area contributed by atoms with Gasteiger partial charge in [-0.15, -0.1) is 0 Å². The summed E-state index contributed by atoms with van der Waals surface area (Å²) >= 11 is 0. The van der Waals surface area contributed by atoms with E-state index in [2.05, 4.69) is 18.4 Å². The monoisotopic (exact) mass is 248 g/mol. The van der Waals surface area contributed by atoms with E-state index in [1.54, 1.807) is 0 Å². The zero-order chi connectivity index (χ0) is 13.3. The van der Waals surface area contributed by atoms with Gasteiger partial charge in [0.15, 0.2) is 0 Å².